The van der Waals surface area contributed by atoms with Gasteiger partial charge in [-0.3, -0.25) is 0 Å². The molecule has 8 heteroatoms. The Hall–Kier alpha value is -3.55. The first-order valence-corrected chi connectivity index (χ1v) is 8.17. The average molecular weight is 368 g/mol. The van der Waals surface area contributed by atoms with Crippen molar-refractivity contribution in [1.82, 2.24) is 19.7 Å². The smallest absolute Gasteiger partial charge is 0.417 e. The molecule has 1 aromatic heterocycles. The second-order valence-corrected chi connectivity index (χ2v) is 5.82. The van der Waals surface area contributed by atoms with E-state index < -0.39 is 6.09 Å². The summed E-state index contributed by atoms with van der Waals surface area (Å²) in [4.78, 5) is 17.5. The molecule has 0 saturated heterocycles. The van der Waals surface area contributed by atoms with Gasteiger partial charge in [-0.1, -0.05) is 0 Å². The van der Waals surface area contributed by atoms with E-state index in [1.54, 1.807) is 33.0 Å². The van der Waals surface area contributed by atoms with Crippen LogP contribution in [-0.2, 0) is 0 Å². The quantitative estimate of drug-likeness (QED) is 0.689. The Bertz CT molecular complexity index is 853. The summed E-state index contributed by atoms with van der Waals surface area (Å²) >= 11 is 0. The molecule has 0 aliphatic carbocycles. The van der Waals surface area contributed by atoms with Gasteiger partial charge in [-0.25, -0.2) is 9.48 Å². The van der Waals surface area contributed by atoms with Crippen LogP contribution >= 0.6 is 0 Å². The Morgan fingerprint density at radius 3 is 2.00 bits per heavy atom. The zero-order valence-corrected chi connectivity index (χ0v) is 15.5. The maximum Gasteiger partial charge on any atom is 0.417 e. The molecule has 0 atom stereocenters. The van der Waals surface area contributed by atoms with Gasteiger partial charge in [0.25, 0.3) is 0 Å². The van der Waals surface area contributed by atoms with E-state index in [2.05, 4.69) is 10.1 Å². The summed E-state index contributed by atoms with van der Waals surface area (Å²) in [5.41, 5.74) is 1.55. The SMILES string of the molecule is COc1ccc(-c2nc(OC(=O)N(C)C)nn2-c2ccc(OC)cc2)cc1. The fourth-order valence-electron chi connectivity index (χ4n) is 2.34. The van der Waals surface area contributed by atoms with Crippen LogP contribution in [0.15, 0.2) is 48.5 Å². The van der Waals surface area contributed by atoms with Gasteiger partial charge in [0.1, 0.15) is 11.5 Å². The van der Waals surface area contributed by atoms with E-state index in [9.17, 15) is 4.79 Å². The number of hydrogen-bond acceptors (Lipinski definition) is 6. The molecule has 0 N–H and O–H groups in total. The summed E-state index contributed by atoms with van der Waals surface area (Å²) in [6.45, 7) is 0. The predicted molar refractivity (Wildman–Crippen MR) is 99.6 cm³/mol. The van der Waals surface area contributed by atoms with Crippen molar-refractivity contribution in [2.75, 3.05) is 28.3 Å². The van der Waals surface area contributed by atoms with Crippen LogP contribution in [0.3, 0.4) is 0 Å². The van der Waals surface area contributed by atoms with Crippen molar-refractivity contribution in [2.45, 2.75) is 0 Å². The maximum absolute atomic E-state index is 11.9. The van der Waals surface area contributed by atoms with E-state index in [1.165, 1.54) is 4.90 Å². The monoisotopic (exact) mass is 368 g/mol. The molecular weight excluding hydrogens is 348 g/mol. The van der Waals surface area contributed by atoms with Crippen LogP contribution in [0.4, 0.5) is 4.79 Å². The molecule has 0 radical (unpaired) electrons. The minimum Gasteiger partial charge on any atom is -0.497 e. The number of carbonyl (C=O) groups is 1. The second-order valence-electron chi connectivity index (χ2n) is 5.82. The number of amides is 1. The molecule has 0 saturated carbocycles. The first-order valence-electron chi connectivity index (χ1n) is 8.17. The third-order valence-electron chi connectivity index (χ3n) is 3.80. The summed E-state index contributed by atoms with van der Waals surface area (Å²) in [5.74, 6) is 1.99. The lowest BCUT2D eigenvalue weighted by Gasteiger charge is -2.07. The zero-order valence-electron chi connectivity index (χ0n) is 15.5. The van der Waals surface area contributed by atoms with E-state index in [0.717, 1.165) is 22.7 Å². The highest BCUT2D eigenvalue weighted by Crippen LogP contribution is 2.26. The molecule has 27 heavy (non-hydrogen) atoms. The van der Waals surface area contributed by atoms with Crippen molar-refractivity contribution in [3.05, 3.63) is 48.5 Å². The molecule has 0 spiro atoms. The van der Waals surface area contributed by atoms with Crippen LogP contribution in [0.1, 0.15) is 0 Å². The molecule has 0 unspecified atom stereocenters. The van der Waals surface area contributed by atoms with Gasteiger partial charge >= 0.3 is 12.1 Å². The number of methoxy groups -OCH3 is 2. The van der Waals surface area contributed by atoms with Crippen LogP contribution in [0.2, 0.25) is 0 Å². The molecule has 1 heterocycles. The third kappa shape index (κ3) is 4.00. The molecule has 0 fully saturated rings. The van der Waals surface area contributed by atoms with Crippen molar-refractivity contribution >= 4 is 6.09 Å². The zero-order chi connectivity index (χ0) is 19.4. The summed E-state index contributed by atoms with van der Waals surface area (Å²) < 4.78 is 17.2. The third-order valence-corrected chi connectivity index (χ3v) is 3.80. The number of aromatic nitrogens is 3. The lowest BCUT2D eigenvalue weighted by atomic mass is 10.2. The van der Waals surface area contributed by atoms with Crippen LogP contribution in [0, 0.1) is 0 Å². The van der Waals surface area contributed by atoms with E-state index in [0.29, 0.717) is 5.82 Å². The summed E-state index contributed by atoms with van der Waals surface area (Å²) in [7, 11) is 6.39. The first kappa shape index (κ1) is 18.2. The van der Waals surface area contributed by atoms with Crippen molar-refractivity contribution in [2.24, 2.45) is 0 Å². The molecule has 8 nitrogen and oxygen atoms in total. The fraction of sp³-hybridized carbons (Fsp3) is 0.211. The van der Waals surface area contributed by atoms with Gasteiger partial charge in [0.15, 0.2) is 5.82 Å². The summed E-state index contributed by atoms with van der Waals surface area (Å²) in [6, 6.07) is 14.7. The topological polar surface area (TPSA) is 78.7 Å². The highest BCUT2D eigenvalue weighted by atomic mass is 16.6. The highest BCUT2D eigenvalue weighted by Gasteiger charge is 2.18. The standard InChI is InChI=1S/C19H20N4O4/c1-22(2)19(24)27-18-20-17(13-5-9-15(25-3)10-6-13)23(21-18)14-7-11-16(26-4)12-8-14/h5-12H,1-4H3. The van der Waals surface area contributed by atoms with Crippen LogP contribution < -0.4 is 14.2 Å². The second kappa shape index (κ2) is 7.77. The van der Waals surface area contributed by atoms with Gasteiger partial charge in [0.2, 0.25) is 0 Å². The Kier molecular flexibility index (Phi) is 5.25. The van der Waals surface area contributed by atoms with Gasteiger partial charge in [-0.15, -0.1) is 5.10 Å². The van der Waals surface area contributed by atoms with Crippen molar-refractivity contribution in [3.8, 4) is 34.6 Å². The lowest BCUT2D eigenvalue weighted by molar-refractivity contribution is 0.168. The number of hydrogen-bond donors (Lipinski definition) is 0. The maximum atomic E-state index is 11.9. The Balaban J connectivity index is 2.04. The van der Waals surface area contributed by atoms with Gasteiger partial charge in [-0.2, -0.15) is 4.98 Å². The van der Waals surface area contributed by atoms with Crippen molar-refractivity contribution in [3.63, 3.8) is 0 Å². The van der Waals surface area contributed by atoms with Gasteiger partial charge in [0, 0.05) is 19.7 Å². The van der Waals surface area contributed by atoms with E-state index in [-0.39, 0.29) is 6.01 Å². The number of rotatable bonds is 5. The highest BCUT2D eigenvalue weighted by molar-refractivity contribution is 5.69. The minimum atomic E-state index is -0.553. The number of carbonyl (C=O) groups excluding carboxylic acids is 1. The van der Waals surface area contributed by atoms with E-state index in [1.807, 2.05) is 48.5 Å². The lowest BCUT2D eigenvalue weighted by Crippen LogP contribution is -2.25. The molecule has 3 rings (SSSR count). The minimum absolute atomic E-state index is 0.0321. The average Bonchev–Trinajstić information content (AvgIpc) is 3.11. The van der Waals surface area contributed by atoms with Gasteiger partial charge in [-0.05, 0) is 48.5 Å². The van der Waals surface area contributed by atoms with Crippen molar-refractivity contribution in [1.29, 1.82) is 0 Å². The largest absolute Gasteiger partial charge is 0.497 e. The fourth-order valence-corrected chi connectivity index (χ4v) is 2.34. The predicted octanol–water partition coefficient (Wildman–Crippen LogP) is 3.01. The van der Waals surface area contributed by atoms with Crippen LogP contribution in [-0.4, -0.2) is 54.1 Å². The van der Waals surface area contributed by atoms with Crippen molar-refractivity contribution < 1.29 is 19.0 Å². The van der Waals surface area contributed by atoms with E-state index in [4.69, 9.17) is 14.2 Å². The Morgan fingerprint density at radius 2 is 1.48 bits per heavy atom. The molecular formula is C19H20N4O4. The molecule has 0 bridgehead atoms. The van der Waals surface area contributed by atoms with Gasteiger partial charge in [0.05, 0.1) is 19.9 Å². The Morgan fingerprint density at radius 1 is 0.926 bits per heavy atom. The van der Waals surface area contributed by atoms with Crippen LogP contribution in [0.5, 0.6) is 17.5 Å². The number of nitrogens with zero attached hydrogens (tertiary/aromatic N) is 4. The molecule has 3 aromatic rings. The molecule has 0 aliphatic rings. The Labute approximate surface area is 156 Å². The molecule has 1 amide bonds. The normalized spacial score (nSPS) is 10.4. The van der Waals surface area contributed by atoms with E-state index >= 15 is 0 Å². The molecule has 140 valence electrons. The van der Waals surface area contributed by atoms with Crippen LogP contribution in [0.25, 0.3) is 17.1 Å². The summed E-state index contributed by atoms with van der Waals surface area (Å²) in [6.07, 6.45) is -0.553. The summed E-state index contributed by atoms with van der Waals surface area (Å²) in [5, 5.41) is 4.34. The number of ether oxygens (including phenoxy) is 3. The molecule has 0 aliphatic heterocycles. The first-order chi connectivity index (χ1) is 13.0. The van der Waals surface area contributed by atoms with Gasteiger partial charge < -0.3 is 19.1 Å². The number of benzene rings is 2. The molecule has 2 aromatic carbocycles.